The first-order valence-electron chi connectivity index (χ1n) is 16.9. The number of alkyl halides is 6. The number of hydrogen-bond donors (Lipinski definition) is 0. The second kappa shape index (κ2) is 21.6. The summed E-state index contributed by atoms with van der Waals surface area (Å²) in [6, 6.07) is 0. The summed E-state index contributed by atoms with van der Waals surface area (Å²) in [6.45, 7) is 4.21. The summed E-state index contributed by atoms with van der Waals surface area (Å²) >= 11 is 0. The molecular formula is C31H61F6O4PS. The molecule has 0 N–H and O–H groups in total. The Balaban J connectivity index is 6.57. The van der Waals surface area contributed by atoms with Gasteiger partial charge in [0.2, 0.25) is 0 Å². The summed E-state index contributed by atoms with van der Waals surface area (Å²) in [4.78, 5) is 0. The Hall–Kier alpha value is -0.120. The minimum atomic E-state index is -6.11. The predicted octanol–water partition coefficient (Wildman–Crippen LogP) is 12.1. The van der Waals surface area contributed by atoms with E-state index >= 15 is 8.78 Å². The molecule has 1 atom stereocenters. The van der Waals surface area contributed by atoms with Crippen LogP contribution in [0.3, 0.4) is 0 Å². The van der Waals surface area contributed by atoms with Crippen LogP contribution in [0, 0.1) is 0 Å². The molecule has 0 rings (SSSR count). The van der Waals surface area contributed by atoms with Gasteiger partial charge in [0.25, 0.3) is 0 Å². The second-order valence-electron chi connectivity index (χ2n) is 12.4. The Morgan fingerprint density at radius 1 is 0.535 bits per heavy atom. The van der Waals surface area contributed by atoms with E-state index in [1.54, 1.807) is 0 Å². The summed E-state index contributed by atoms with van der Waals surface area (Å²) < 4.78 is 118. The van der Waals surface area contributed by atoms with Crippen LogP contribution in [0.2, 0.25) is 0 Å². The summed E-state index contributed by atoms with van der Waals surface area (Å²) in [6.07, 6.45) is 8.22. The van der Waals surface area contributed by atoms with Crippen molar-refractivity contribution in [3.8, 4) is 0 Å². The average molecular weight is 675 g/mol. The van der Waals surface area contributed by atoms with Crippen molar-refractivity contribution in [3.63, 3.8) is 0 Å². The van der Waals surface area contributed by atoms with Crippen LogP contribution in [-0.2, 0) is 18.8 Å². The number of rotatable bonds is 29. The first kappa shape index (κ1) is 42.9. The third-order valence-corrected chi connectivity index (χ3v) is 17.6. The Labute approximate surface area is 258 Å². The zero-order valence-electron chi connectivity index (χ0n) is 27.3. The van der Waals surface area contributed by atoms with Crippen molar-refractivity contribution in [2.75, 3.05) is 24.6 Å². The van der Waals surface area contributed by atoms with Crippen molar-refractivity contribution < 1.29 is 43.5 Å². The van der Waals surface area contributed by atoms with Crippen molar-refractivity contribution in [1.82, 2.24) is 0 Å². The van der Waals surface area contributed by atoms with Gasteiger partial charge in [-0.05, 0) is 0 Å². The normalized spacial score (nSPS) is 15.0. The Morgan fingerprint density at radius 2 is 0.814 bits per heavy atom. The molecule has 0 saturated heterocycles. The van der Waals surface area contributed by atoms with Crippen LogP contribution in [0.5, 0.6) is 0 Å². The molecule has 0 aliphatic rings. The minimum absolute atomic E-state index is 0.298. The Bertz CT molecular complexity index is 777. The first-order chi connectivity index (χ1) is 20.1. The van der Waals surface area contributed by atoms with Gasteiger partial charge in [-0.15, -0.1) is 0 Å². The SMILES string of the molecule is CCCCCCCCCCP(CCCCCC)(CCCCCC)(CCCCCC)OS(=O)(=O)C(F)(F)C(F)OC(F)(F)F. The molecule has 0 spiro atoms. The molecule has 0 aromatic rings. The molecule has 1 unspecified atom stereocenters. The fourth-order valence-electron chi connectivity index (χ4n) is 5.91. The van der Waals surface area contributed by atoms with Crippen molar-refractivity contribution in [1.29, 1.82) is 0 Å². The molecule has 4 nitrogen and oxygen atoms in total. The quantitative estimate of drug-likeness (QED) is 0.0450. The third-order valence-electron chi connectivity index (χ3n) is 8.45. The molecule has 12 heteroatoms. The van der Waals surface area contributed by atoms with Crippen molar-refractivity contribution in [3.05, 3.63) is 0 Å². The van der Waals surface area contributed by atoms with Crippen molar-refractivity contribution >= 4 is 16.9 Å². The maximum atomic E-state index is 15.1. The van der Waals surface area contributed by atoms with Crippen LogP contribution < -0.4 is 0 Å². The van der Waals surface area contributed by atoms with Gasteiger partial charge in [0.15, 0.2) is 0 Å². The third kappa shape index (κ3) is 16.8. The van der Waals surface area contributed by atoms with Gasteiger partial charge in [-0.2, -0.15) is 0 Å². The van der Waals surface area contributed by atoms with Gasteiger partial charge in [0, 0.05) is 0 Å². The Morgan fingerprint density at radius 3 is 1.12 bits per heavy atom. The van der Waals surface area contributed by atoms with Gasteiger partial charge >= 0.3 is 259 Å². The fourth-order valence-corrected chi connectivity index (χ4v) is 15.4. The fraction of sp³-hybridized carbons (Fsp3) is 1.00. The molecular weight excluding hydrogens is 613 g/mol. The van der Waals surface area contributed by atoms with E-state index in [1.807, 2.05) is 20.8 Å². The molecule has 0 fully saturated rings. The molecule has 43 heavy (non-hydrogen) atoms. The molecule has 0 radical (unpaired) electrons. The summed E-state index contributed by atoms with van der Waals surface area (Å²) in [5.41, 5.74) is 0. The monoisotopic (exact) mass is 674 g/mol. The van der Waals surface area contributed by atoms with E-state index in [-0.39, 0.29) is 0 Å². The second-order valence-corrected chi connectivity index (χ2v) is 19.9. The first-order valence-corrected chi connectivity index (χ1v) is 21.2. The van der Waals surface area contributed by atoms with Gasteiger partial charge in [-0.25, -0.2) is 0 Å². The average Bonchev–Trinajstić information content (AvgIpc) is 2.92. The van der Waals surface area contributed by atoms with Crippen LogP contribution in [0.4, 0.5) is 26.3 Å². The summed E-state index contributed by atoms with van der Waals surface area (Å²) in [5, 5.41) is -5.51. The number of halogens is 6. The Kier molecular flexibility index (Phi) is 21.6. The number of hydrogen-bond acceptors (Lipinski definition) is 4. The van der Waals surface area contributed by atoms with Crippen molar-refractivity contribution in [2.45, 2.75) is 174 Å². The van der Waals surface area contributed by atoms with Crippen LogP contribution in [0.25, 0.3) is 0 Å². The van der Waals surface area contributed by atoms with E-state index in [9.17, 15) is 26.0 Å². The predicted molar refractivity (Wildman–Crippen MR) is 168 cm³/mol. The molecule has 262 valence electrons. The van der Waals surface area contributed by atoms with Crippen LogP contribution in [-0.4, -0.2) is 51.0 Å². The van der Waals surface area contributed by atoms with E-state index in [2.05, 4.69) is 11.7 Å². The molecule has 0 bridgehead atoms. The summed E-state index contributed by atoms with van der Waals surface area (Å²) in [7, 11) is -6.11. The van der Waals surface area contributed by atoms with Crippen LogP contribution >= 0.6 is 6.83 Å². The van der Waals surface area contributed by atoms with E-state index in [1.165, 1.54) is 0 Å². The standard InChI is InChI=1S/C31H61F6O4PS/c1-5-9-13-17-18-19-20-24-28-42(25-21-14-10-6-2,26-22-15-11-7-3,27-23-16-12-8-4)41-43(38,39)30(33,34)29(32)40-31(35,36)37/h29H,5-28H2,1-4H3. The molecule has 0 amide bonds. The molecule has 0 aromatic carbocycles. The van der Waals surface area contributed by atoms with Gasteiger partial charge in [0.1, 0.15) is 0 Å². The topological polar surface area (TPSA) is 52.6 Å². The van der Waals surface area contributed by atoms with Gasteiger partial charge in [-0.3, -0.25) is 0 Å². The van der Waals surface area contributed by atoms with Crippen LogP contribution in [0.15, 0.2) is 0 Å². The molecule has 0 aliphatic heterocycles. The molecule has 0 aliphatic carbocycles. The maximum absolute atomic E-state index is 15.1. The van der Waals surface area contributed by atoms with Gasteiger partial charge in [-0.1, -0.05) is 0 Å². The molecule has 0 heterocycles. The van der Waals surface area contributed by atoms with E-state index in [4.69, 9.17) is 3.97 Å². The summed E-state index contributed by atoms with van der Waals surface area (Å²) in [5.74, 6) is 0. The van der Waals surface area contributed by atoms with E-state index in [0.29, 0.717) is 50.3 Å². The zero-order chi connectivity index (χ0) is 32.9. The van der Waals surface area contributed by atoms with Crippen LogP contribution in [0.1, 0.15) is 156 Å². The van der Waals surface area contributed by atoms with Gasteiger partial charge in [0.05, 0.1) is 0 Å². The van der Waals surface area contributed by atoms with Gasteiger partial charge < -0.3 is 0 Å². The van der Waals surface area contributed by atoms with E-state index in [0.717, 1.165) is 103 Å². The molecule has 0 saturated carbocycles. The zero-order valence-corrected chi connectivity index (χ0v) is 29.0. The van der Waals surface area contributed by atoms with Crippen molar-refractivity contribution in [2.24, 2.45) is 0 Å². The van der Waals surface area contributed by atoms with E-state index < -0.39 is 34.9 Å². The number of unbranched alkanes of at least 4 members (excludes halogenated alkanes) is 16. The molecule has 0 aromatic heterocycles. The number of ether oxygens (including phenoxy) is 1.